The maximum atomic E-state index is 12.0. The molecule has 0 amide bonds. The molecule has 3 aromatic heterocycles. The first-order valence-corrected chi connectivity index (χ1v) is 7.54. The van der Waals surface area contributed by atoms with Crippen LogP contribution in [0.1, 0.15) is 47.9 Å². The van der Waals surface area contributed by atoms with Crippen LogP contribution >= 0.6 is 0 Å². The van der Waals surface area contributed by atoms with E-state index in [0.29, 0.717) is 17.4 Å². The summed E-state index contributed by atoms with van der Waals surface area (Å²) in [7, 11) is 0. The lowest BCUT2D eigenvalue weighted by atomic mass is 9.93. The lowest BCUT2D eigenvalue weighted by Crippen LogP contribution is -2.16. The molecule has 21 heavy (non-hydrogen) atoms. The van der Waals surface area contributed by atoms with Crippen molar-refractivity contribution in [2.75, 3.05) is 0 Å². The van der Waals surface area contributed by atoms with Gasteiger partial charge in [-0.15, -0.1) is 0 Å². The van der Waals surface area contributed by atoms with Crippen LogP contribution in [0.5, 0.6) is 0 Å². The second kappa shape index (κ2) is 3.70. The van der Waals surface area contributed by atoms with E-state index in [4.69, 9.17) is 0 Å². The molecule has 0 spiro atoms. The highest BCUT2D eigenvalue weighted by Crippen LogP contribution is 2.54. The Morgan fingerprint density at radius 3 is 3.05 bits per heavy atom. The van der Waals surface area contributed by atoms with E-state index in [1.54, 1.807) is 0 Å². The van der Waals surface area contributed by atoms with Crippen LogP contribution in [0.2, 0.25) is 0 Å². The number of aryl methyl sites for hydroxylation is 1. The molecule has 2 unspecified atom stereocenters. The van der Waals surface area contributed by atoms with Crippen molar-refractivity contribution in [1.29, 1.82) is 0 Å². The van der Waals surface area contributed by atoms with Crippen molar-refractivity contribution in [3.8, 4) is 0 Å². The number of fused-ring (bicyclic) bond motifs is 10. The van der Waals surface area contributed by atoms with Crippen molar-refractivity contribution in [2.24, 2.45) is 0 Å². The molecule has 2 aliphatic carbocycles. The van der Waals surface area contributed by atoms with Gasteiger partial charge in [-0.05, 0) is 44.2 Å². The van der Waals surface area contributed by atoms with Crippen molar-refractivity contribution in [2.45, 2.75) is 38.0 Å². The van der Waals surface area contributed by atoms with E-state index < -0.39 is 0 Å². The van der Waals surface area contributed by atoms with Gasteiger partial charge in [0.25, 0.3) is 5.56 Å². The molecule has 4 nitrogen and oxygen atoms in total. The van der Waals surface area contributed by atoms with Gasteiger partial charge in [0.05, 0.1) is 5.52 Å². The van der Waals surface area contributed by atoms with Crippen molar-refractivity contribution in [1.82, 2.24) is 14.4 Å². The molecule has 0 aromatic carbocycles. The number of rotatable bonds is 0. The highest BCUT2D eigenvalue weighted by atomic mass is 16.1. The molecule has 3 heterocycles. The summed E-state index contributed by atoms with van der Waals surface area (Å²) in [5.74, 6) is 1.23. The average molecular weight is 277 g/mol. The van der Waals surface area contributed by atoms with E-state index in [0.717, 1.165) is 16.6 Å². The SMILES string of the molecule is Cc1cn2c3c(c4ncccc4c2nc1=O)C1CCC3C1. The predicted molar refractivity (Wildman–Crippen MR) is 80.8 cm³/mol. The minimum atomic E-state index is -0.136. The van der Waals surface area contributed by atoms with Gasteiger partial charge in [-0.1, -0.05) is 0 Å². The summed E-state index contributed by atoms with van der Waals surface area (Å²) in [6.07, 6.45) is 7.55. The summed E-state index contributed by atoms with van der Waals surface area (Å²) in [5, 5.41) is 1.00. The average Bonchev–Trinajstić information content (AvgIpc) is 3.11. The van der Waals surface area contributed by atoms with Crippen LogP contribution < -0.4 is 5.56 Å². The molecule has 2 atom stereocenters. The zero-order valence-electron chi connectivity index (χ0n) is 11.8. The van der Waals surface area contributed by atoms with Crippen molar-refractivity contribution < 1.29 is 0 Å². The highest BCUT2D eigenvalue weighted by molar-refractivity contribution is 5.95. The summed E-state index contributed by atoms with van der Waals surface area (Å²) < 4.78 is 2.17. The molecule has 0 aliphatic heterocycles. The Balaban J connectivity index is 2.09. The first-order valence-electron chi connectivity index (χ1n) is 7.54. The number of nitrogens with zero attached hydrogens (tertiary/aromatic N) is 3. The number of aromatic nitrogens is 3. The van der Waals surface area contributed by atoms with E-state index in [1.807, 2.05) is 31.5 Å². The fraction of sp³-hybridized carbons (Fsp3) is 0.353. The Kier molecular flexibility index (Phi) is 2.01. The van der Waals surface area contributed by atoms with Gasteiger partial charge in [-0.2, -0.15) is 4.98 Å². The zero-order valence-corrected chi connectivity index (χ0v) is 11.8. The van der Waals surface area contributed by atoms with E-state index in [1.165, 1.54) is 30.5 Å². The quantitative estimate of drug-likeness (QED) is 0.594. The third kappa shape index (κ3) is 1.32. The van der Waals surface area contributed by atoms with E-state index in [-0.39, 0.29) is 5.56 Å². The summed E-state index contributed by atoms with van der Waals surface area (Å²) >= 11 is 0. The summed E-state index contributed by atoms with van der Waals surface area (Å²) in [5.41, 5.74) is 5.14. The smallest absolute Gasteiger partial charge is 0.276 e. The van der Waals surface area contributed by atoms with E-state index >= 15 is 0 Å². The molecule has 4 heteroatoms. The molecule has 2 aliphatic rings. The number of hydrogen-bond acceptors (Lipinski definition) is 3. The predicted octanol–water partition coefficient (Wildman–Crippen LogP) is 2.92. The van der Waals surface area contributed by atoms with Crippen LogP contribution in [0.3, 0.4) is 0 Å². The normalized spacial score (nSPS) is 23.1. The Labute approximate surface area is 121 Å². The largest absolute Gasteiger partial charge is 0.304 e. The van der Waals surface area contributed by atoms with Crippen LogP contribution in [0.25, 0.3) is 16.6 Å². The molecular weight excluding hydrogens is 262 g/mol. The first-order chi connectivity index (χ1) is 10.2. The lowest BCUT2D eigenvalue weighted by molar-refractivity contribution is 0.686. The van der Waals surface area contributed by atoms with Gasteiger partial charge in [-0.3, -0.25) is 9.78 Å². The fourth-order valence-electron chi connectivity index (χ4n) is 4.28. The minimum absolute atomic E-state index is 0.136. The van der Waals surface area contributed by atoms with Gasteiger partial charge in [0.1, 0.15) is 0 Å². The second-order valence-electron chi connectivity index (χ2n) is 6.33. The van der Waals surface area contributed by atoms with Crippen LogP contribution in [0, 0.1) is 6.92 Å². The standard InChI is InChI=1S/C17H15N3O/c1-9-8-20-15-11-5-4-10(7-11)13(15)14-12(3-2-6-18-14)16(20)19-17(9)21/h2-3,6,8,10-11H,4-5,7H2,1H3. The summed E-state index contributed by atoms with van der Waals surface area (Å²) in [6, 6.07) is 3.96. The highest BCUT2D eigenvalue weighted by Gasteiger charge is 2.40. The van der Waals surface area contributed by atoms with Crippen LogP contribution in [-0.2, 0) is 0 Å². The molecule has 0 radical (unpaired) electrons. The van der Waals surface area contributed by atoms with Crippen LogP contribution in [-0.4, -0.2) is 14.4 Å². The van der Waals surface area contributed by atoms with Crippen molar-refractivity contribution >= 4 is 16.6 Å². The summed E-state index contributed by atoms with van der Waals surface area (Å²) in [6.45, 7) is 1.84. The molecule has 1 saturated carbocycles. The van der Waals surface area contributed by atoms with Gasteiger partial charge in [-0.25, -0.2) is 0 Å². The van der Waals surface area contributed by atoms with E-state index in [2.05, 4.69) is 14.4 Å². The van der Waals surface area contributed by atoms with Gasteiger partial charge < -0.3 is 4.40 Å². The monoisotopic (exact) mass is 277 g/mol. The Bertz CT molecular complexity index is 973. The zero-order chi connectivity index (χ0) is 14.1. The number of hydrogen-bond donors (Lipinski definition) is 0. The lowest BCUT2D eigenvalue weighted by Gasteiger charge is -2.20. The van der Waals surface area contributed by atoms with Crippen LogP contribution in [0.15, 0.2) is 29.3 Å². The minimum Gasteiger partial charge on any atom is -0.304 e. The van der Waals surface area contributed by atoms with Crippen molar-refractivity contribution in [3.63, 3.8) is 0 Å². The van der Waals surface area contributed by atoms with Gasteiger partial charge in [0, 0.05) is 40.5 Å². The third-order valence-corrected chi connectivity index (χ3v) is 5.16. The summed E-state index contributed by atoms with van der Waals surface area (Å²) in [4.78, 5) is 20.9. The fourth-order valence-corrected chi connectivity index (χ4v) is 4.28. The van der Waals surface area contributed by atoms with Crippen molar-refractivity contribution in [3.05, 3.63) is 51.7 Å². The molecular formula is C17H15N3O. The Morgan fingerprint density at radius 2 is 2.14 bits per heavy atom. The molecule has 0 N–H and O–H groups in total. The maximum Gasteiger partial charge on any atom is 0.276 e. The molecule has 0 saturated heterocycles. The van der Waals surface area contributed by atoms with Gasteiger partial charge in [0.15, 0.2) is 5.65 Å². The van der Waals surface area contributed by atoms with E-state index in [9.17, 15) is 4.79 Å². The molecule has 2 bridgehead atoms. The Morgan fingerprint density at radius 1 is 1.29 bits per heavy atom. The van der Waals surface area contributed by atoms with Gasteiger partial charge in [0.2, 0.25) is 0 Å². The molecule has 5 rings (SSSR count). The van der Waals surface area contributed by atoms with Crippen LogP contribution in [0.4, 0.5) is 0 Å². The second-order valence-corrected chi connectivity index (χ2v) is 6.33. The van der Waals surface area contributed by atoms with Gasteiger partial charge >= 0.3 is 0 Å². The first kappa shape index (κ1) is 11.4. The topological polar surface area (TPSA) is 47.3 Å². The third-order valence-electron chi connectivity index (χ3n) is 5.16. The maximum absolute atomic E-state index is 12.0. The number of pyridine rings is 2. The molecule has 104 valence electrons. The molecule has 1 fully saturated rings. The molecule has 3 aromatic rings. The Hall–Kier alpha value is -2.23.